The van der Waals surface area contributed by atoms with Gasteiger partial charge < -0.3 is 9.47 Å². The fourth-order valence-electron chi connectivity index (χ4n) is 4.62. The Balaban J connectivity index is 1.54. The molecule has 5 rings (SSSR count). The molecule has 0 amide bonds. The molecule has 0 spiro atoms. The Morgan fingerprint density at radius 1 is 0.967 bits per heavy atom. The van der Waals surface area contributed by atoms with Crippen molar-refractivity contribution in [2.45, 2.75) is 51.1 Å². The predicted molar refractivity (Wildman–Crippen MR) is 113 cm³/mol. The molecular weight excluding hydrogens is 380 g/mol. The molecule has 2 aliphatic heterocycles. The van der Waals surface area contributed by atoms with Crippen molar-refractivity contribution < 1.29 is 4.92 Å². The van der Waals surface area contributed by atoms with Gasteiger partial charge >= 0.3 is 0 Å². The Hall–Kier alpha value is -3.29. The molecule has 1 saturated heterocycles. The van der Waals surface area contributed by atoms with Crippen LogP contribution < -0.4 is 4.90 Å². The predicted octanol–water partition coefficient (Wildman–Crippen LogP) is 4.32. The fourth-order valence-corrected chi connectivity index (χ4v) is 4.62. The maximum absolute atomic E-state index is 11.6. The van der Waals surface area contributed by atoms with Crippen LogP contribution in [0, 0.1) is 10.1 Å². The Kier molecular flexibility index (Phi) is 4.90. The monoisotopic (exact) mass is 404 g/mol. The van der Waals surface area contributed by atoms with Crippen molar-refractivity contribution in [2.24, 2.45) is 0 Å². The summed E-state index contributed by atoms with van der Waals surface area (Å²) in [4.78, 5) is 18.2. The van der Waals surface area contributed by atoms with Crippen molar-refractivity contribution in [3.8, 4) is 11.3 Å². The van der Waals surface area contributed by atoms with Gasteiger partial charge in [-0.15, -0.1) is 10.2 Å². The summed E-state index contributed by atoms with van der Waals surface area (Å²) in [6.07, 6.45) is 6.54. The zero-order valence-electron chi connectivity index (χ0n) is 16.8. The van der Waals surface area contributed by atoms with E-state index in [4.69, 9.17) is 4.98 Å². The summed E-state index contributed by atoms with van der Waals surface area (Å²) in [5, 5.41) is 20.6. The molecule has 0 saturated carbocycles. The Morgan fingerprint density at radius 2 is 1.83 bits per heavy atom. The third-order valence-corrected chi connectivity index (χ3v) is 6.09. The van der Waals surface area contributed by atoms with Gasteiger partial charge in [0.15, 0.2) is 11.5 Å². The molecule has 0 bridgehead atoms. The standard InChI is InChI=1S/C22H24N6O2/c29-28(30)17-12-13-19(23-21(17)16-8-3-1-4-9-16)26-15-7-10-18(26)22-25-24-20-11-5-2-6-14-27(20)22/h1,3-4,8-9,12-13,18H,2,5-7,10-11,14-15H2. The van der Waals surface area contributed by atoms with E-state index in [1.165, 1.54) is 6.42 Å². The molecule has 3 aromatic rings. The lowest BCUT2D eigenvalue weighted by Crippen LogP contribution is -2.26. The highest BCUT2D eigenvalue weighted by atomic mass is 16.6. The summed E-state index contributed by atoms with van der Waals surface area (Å²) in [7, 11) is 0. The number of hydrogen-bond donors (Lipinski definition) is 0. The summed E-state index contributed by atoms with van der Waals surface area (Å²) < 4.78 is 2.29. The van der Waals surface area contributed by atoms with Crippen LogP contribution in [0.2, 0.25) is 0 Å². The van der Waals surface area contributed by atoms with E-state index in [9.17, 15) is 10.1 Å². The van der Waals surface area contributed by atoms with E-state index in [1.807, 2.05) is 30.3 Å². The van der Waals surface area contributed by atoms with Gasteiger partial charge in [-0.1, -0.05) is 36.8 Å². The molecule has 1 unspecified atom stereocenters. The molecule has 1 atom stereocenters. The van der Waals surface area contributed by atoms with Crippen LogP contribution in [0.1, 0.15) is 49.8 Å². The third kappa shape index (κ3) is 3.32. The zero-order valence-corrected chi connectivity index (χ0v) is 16.8. The second-order valence-corrected chi connectivity index (χ2v) is 7.95. The smallest absolute Gasteiger partial charge is 0.295 e. The molecule has 2 aliphatic rings. The van der Waals surface area contributed by atoms with Crippen LogP contribution in [-0.4, -0.2) is 31.2 Å². The zero-order chi connectivity index (χ0) is 20.5. The lowest BCUT2D eigenvalue weighted by atomic mass is 10.1. The summed E-state index contributed by atoms with van der Waals surface area (Å²) >= 11 is 0. The van der Waals surface area contributed by atoms with Gasteiger partial charge in [-0.05, 0) is 31.7 Å². The molecule has 1 aromatic carbocycles. The topological polar surface area (TPSA) is 90.0 Å². The maximum atomic E-state index is 11.6. The number of aromatic nitrogens is 4. The van der Waals surface area contributed by atoms with Gasteiger partial charge in [0.25, 0.3) is 5.69 Å². The summed E-state index contributed by atoms with van der Waals surface area (Å²) in [6, 6.07) is 12.8. The molecular formula is C22H24N6O2. The van der Waals surface area contributed by atoms with Gasteiger partial charge in [0.05, 0.1) is 11.0 Å². The summed E-state index contributed by atoms with van der Waals surface area (Å²) in [5.41, 5.74) is 1.18. The highest BCUT2D eigenvalue weighted by Crippen LogP contribution is 2.38. The van der Waals surface area contributed by atoms with Crippen molar-refractivity contribution in [3.05, 3.63) is 64.2 Å². The average Bonchev–Trinajstić information content (AvgIpc) is 3.34. The molecule has 30 heavy (non-hydrogen) atoms. The van der Waals surface area contributed by atoms with E-state index in [-0.39, 0.29) is 16.7 Å². The van der Waals surface area contributed by atoms with Crippen molar-refractivity contribution in [1.82, 2.24) is 19.7 Å². The van der Waals surface area contributed by atoms with Crippen LogP contribution in [-0.2, 0) is 13.0 Å². The van der Waals surface area contributed by atoms with E-state index in [2.05, 4.69) is 19.7 Å². The van der Waals surface area contributed by atoms with Gasteiger partial charge in [-0.3, -0.25) is 10.1 Å². The maximum Gasteiger partial charge on any atom is 0.295 e. The Morgan fingerprint density at radius 3 is 2.67 bits per heavy atom. The lowest BCUT2D eigenvalue weighted by molar-refractivity contribution is -0.384. The number of aryl methyl sites for hydroxylation is 1. The SMILES string of the molecule is O=[N+]([O-])c1ccc(N2CCCC2c2nnc3n2CCCCC3)nc1-c1ccccc1. The van der Waals surface area contributed by atoms with Crippen LogP contribution in [0.4, 0.5) is 11.5 Å². The van der Waals surface area contributed by atoms with Crippen molar-refractivity contribution in [3.63, 3.8) is 0 Å². The quantitative estimate of drug-likeness (QED) is 0.475. The molecule has 0 radical (unpaired) electrons. The van der Waals surface area contributed by atoms with Crippen molar-refractivity contribution in [2.75, 3.05) is 11.4 Å². The molecule has 8 heteroatoms. The number of fused-ring (bicyclic) bond motifs is 1. The Bertz CT molecular complexity index is 1060. The average molecular weight is 404 g/mol. The van der Waals surface area contributed by atoms with Gasteiger partial charge in [0, 0.05) is 31.1 Å². The van der Waals surface area contributed by atoms with E-state index < -0.39 is 0 Å². The molecule has 154 valence electrons. The summed E-state index contributed by atoms with van der Waals surface area (Å²) in [6.45, 7) is 1.82. The van der Waals surface area contributed by atoms with E-state index >= 15 is 0 Å². The number of benzene rings is 1. The first kappa shape index (κ1) is 18.7. The first-order chi connectivity index (χ1) is 14.7. The Labute approximate surface area is 174 Å². The van der Waals surface area contributed by atoms with Crippen LogP contribution in [0.25, 0.3) is 11.3 Å². The fraction of sp³-hybridized carbons (Fsp3) is 0.409. The molecule has 8 nitrogen and oxygen atoms in total. The first-order valence-corrected chi connectivity index (χ1v) is 10.6. The number of nitro groups is 1. The van der Waals surface area contributed by atoms with Gasteiger partial charge in [-0.2, -0.15) is 0 Å². The van der Waals surface area contributed by atoms with E-state index in [0.717, 1.165) is 68.2 Å². The number of rotatable bonds is 4. The molecule has 0 N–H and O–H groups in total. The molecule has 4 heterocycles. The van der Waals surface area contributed by atoms with Crippen molar-refractivity contribution in [1.29, 1.82) is 0 Å². The number of anilines is 1. The van der Waals surface area contributed by atoms with Crippen LogP contribution in [0.15, 0.2) is 42.5 Å². The van der Waals surface area contributed by atoms with Crippen LogP contribution in [0.5, 0.6) is 0 Å². The largest absolute Gasteiger partial charge is 0.346 e. The molecule has 0 aliphatic carbocycles. The highest BCUT2D eigenvalue weighted by Gasteiger charge is 2.33. The highest BCUT2D eigenvalue weighted by molar-refractivity contribution is 5.71. The summed E-state index contributed by atoms with van der Waals surface area (Å²) in [5.74, 6) is 2.84. The van der Waals surface area contributed by atoms with Gasteiger partial charge in [0.2, 0.25) is 0 Å². The number of pyridine rings is 1. The lowest BCUT2D eigenvalue weighted by Gasteiger charge is -2.26. The third-order valence-electron chi connectivity index (χ3n) is 6.09. The van der Waals surface area contributed by atoms with Gasteiger partial charge in [0.1, 0.15) is 11.6 Å². The van der Waals surface area contributed by atoms with Crippen molar-refractivity contribution >= 4 is 11.5 Å². The number of nitrogens with zero attached hydrogens (tertiary/aromatic N) is 6. The van der Waals surface area contributed by atoms with Gasteiger partial charge in [-0.25, -0.2) is 4.98 Å². The minimum Gasteiger partial charge on any atom is -0.346 e. The second kappa shape index (κ2) is 7.85. The van der Waals surface area contributed by atoms with E-state index in [0.29, 0.717) is 5.69 Å². The van der Waals surface area contributed by atoms with Crippen LogP contribution in [0.3, 0.4) is 0 Å². The first-order valence-electron chi connectivity index (χ1n) is 10.6. The minimum absolute atomic E-state index is 0.0250. The molecule has 1 fully saturated rings. The van der Waals surface area contributed by atoms with E-state index in [1.54, 1.807) is 12.1 Å². The van der Waals surface area contributed by atoms with Crippen LogP contribution >= 0.6 is 0 Å². The molecule has 2 aromatic heterocycles. The normalized spacial score (nSPS) is 18.8. The minimum atomic E-state index is -0.362. The number of hydrogen-bond acceptors (Lipinski definition) is 6. The second-order valence-electron chi connectivity index (χ2n) is 7.95.